The van der Waals surface area contributed by atoms with Crippen molar-refractivity contribution in [3.05, 3.63) is 89.0 Å². The van der Waals surface area contributed by atoms with Crippen molar-refractivity contribution in [1.29, 1.82) is 0 Å². The third kappa shape index (κ3) is 4.40. The minimum atomic E-state index is -3.73. The fourth-order valence-corrected chi connectivity index (χ4v) is 3.88. The minimum Gasteiger partial charge on any atom is -0.322 e. The fraction of sp³-hybridized carbons (Fsp3) is 0.136. The summed E-state index contributed by atoms with van der Waals surface area (Å²) in [5.41, 5.74) is 4.39. The van der Waals surface area contributed by atoms with Gasteiger partial charge in [0.05, 0.1) is 4.90 Å². The molecule has 0 bridgehead atoms. The first-order chi connectivity index (χ1) is 13.3. The number of hydrogen-bond acceptors (Lipinski definition) is 3. The summed E-state index contributed by atoms with van der Waals surface area (Å²) in [5.74, 6) is -0.243. The Labute approximate surface area is 165 Å². The zero-order chi connectivity index (χ0) is 20.3. The maximum Gasteiger partial charge on any atom is 0.261 e. The number of amides is 1. The molecule has 0 atom stereocenters. The van der Waals surface area contributed by atoms with Crippen molar-refractivity contribution in [2.24, 2.45) is 0 Å². The molecule has 0 unspecified atom stereocenters. The van der Waals surface area contributed by atoms with Gasteiger partial charge in [0.1, 0.15) is 0 Å². The molecule has 2 N–H and O–H groups in total. The molecule has 0 aliphatic carbocycles. The Kier molecular flexibility index (Phi) is 5.51. The summed E-state index contributed by atoms with van der Waals surface area (Å²) in [7, 11) is -3.73. The lowest BCUT2D eigenvalue weighted by Crippen LogP contribution is -2.15. The van der Waals surface area contributed by atoms with Gasteiger partial charge in [-0.3, -0.25) is 9.52 Å². The number of hydrogen-bond donors (Lipinski definition) is 2. The molecule has 3 rings (SSSR count). The van der Waals surface area contributed by atoms with Crippen LogP contribution in [0.4, 0.5) is 11.4 Å². The first kappa shape index (κ1) is 19.6. The predicted octanol–water partition coefficient (Wildman–Crippen LogP) is 4.66. The van der Waals surface area contributed by atoms with E-state index < -0.39 is 10.0 Å². The van der Waals surface area contributed by atoms with Gasteiger partial charge in [0.2, 0.25) is 0 Å². The van der Waals surface area contributed by atoms with Crippen LogP contribution in [0, 0.1) is 20.8 Å². The van der Waals surface area contributed by atoms with Crippen LogP contribution in [-0.2, 0) is 10.0 Å². The molecule has 0 fully saturated rings. The van der Waals surface area contributed by atoms with E-state index in [1.807, 2.05) is 26.0 Å². The lowest BCUT2D eigenvalue weighted by atomic mass is 10.1. The molecule has 5 nitrogen and oxygen atoms in total. The van der Waals surface area contributed by atoms with Crippen LogP contribution >= 0.6 is 0 Å². The van der Waals surface area contributed by atoms with E-state index >= 15 is 0 Å². The first-order valence-corrected chi connectivity index (χ1v) is 10.3. The molecule has 0 radical (unpaired) electrons. The molecule has 0 aliphatic heterocycles. The summed E-state index contributed by atoms with van der Waals surface area (Å²) in [4.78, 5) is 12.4. The molecule has 0 heterocycles. The van der Waals surface area contributed by atoms with E-state index in [-0.39, 0.29) is 10.8 Å². The normalized spacial score (nSPS) is 11.1. The Morgan fingerprint density at radius 3 is 2.14 bits per heavy atom. The van der Waals surface area contributed by atoms with Crippen molar-refractivity contribution < 1.29 is 13.2 Å². The summed E-state index contributed by atoms with van der Waals surface area (Å²) in [5, 5.41) is 2.81. The van der Waals surface area contributed by atoms with Crippen molar-refractivity contribution in [1.82, 2.24) is 0 Å². The molecule has 144 valence electrons. The average Bonchev–Trinajstić information content (AvgIpc) is 2.66. The first-order valence-electron chi connectivity index (χ1n) is 8.83. The van der Waals surface area contributed by atoms with Gasteiger partial charge in [0, 0.05) is 16.9 Å². The van der Waals surface area contributed by atoms with E-state index in [2.05, 4.69) is 10.0 Å². The molecule has 0 saturated carbocycles. The van der Waals surface area contributed by atoms with Gasteiger partial charge in [0.25, 0.3) is 15.9 Å². The van der Waals surface area contributed by atoms with Crippen molar-refractivity contribution >= 4 is 27.3 Å². The van der Waals surface area contributed by atoms with Crippen LogP contribution < -0.4 is 10.0 Å². The van der Waals surface area contributed by atoms with Gasteiger partial charge in [-0.05, 0) is 79.9 Å². The molecular weight excluding hydrogens is 372 g/mol. The number of carbonyl (C=O) groups excluding carboxylic acids is 1. The zero-order valence-electron chi connectivity index (χ0n) is 16.0. The number of benzene rings is 3. The highest BCUT2D eigenvalue weighted by Crippen LogP contribution is 2.23. The van der Waals surface area contributed by atoms with Gasteiger partial charge < -0.3 is 5.32 Å². The smallest absolute Gasteiger partial charge is 0.261 e. The summed E-state index contributed by atoms with van der Waals surface area (Å²) >= 11 is 0. The molecule has 0 saturated heterocycles. The number of aryl methyl sites for hydroxylation is 3. The fourth-order valence-electron chi connectivity index (χ4n) is 2.75. The standard InChI is InChI=1S/C22H22N2O3S/c1-15-9-10-19(13-16(15)2)24-28(26,27)20-11-12-21(17(3)14-20)23-22(25)18-7-5-4-6-8-18/h4-14,24H,1-3H3,(H,23,25). The summed E-state index contributed by atoms with van der Waals surface area (Å²) < 4.78 is 28.0. The summed E-state index contributed by atoms with van der Waals surface area (Å²) in [6.45, 7) is 5.66. The third-order valence-corrected chi connectivity index (χ3v) is 5.93. The number of carbonyl (C=O) groups is 1. The second kappa shape index (κ2) is 7.86. The molecule has 0 aromatic heterocycles. The Hall–Kier alpha value is -3.12. The van der Waals surface area contributed by atoms with Gasteiger partial charge in [-0.25, -0.2) is 8.42 Å². The van der Waals surface area contributed by atoms with Crippen molar-refractivity contribution in [2.75, 3.05) is 10.0 Å². The van der Waals surface area contributed by atoms with Crippen molar-refractivity contribution in [2.45, 2.75) is 25.7 Å². The minimum absolute atomic E-state index is 0.140. The van der Waals surface area contributed by atoms with Crippen LogP contribution in [0.3, 0.4) is 0 Å². The van der Waals surface area contributed by atoms with Crippen LogP contribution in [0.25, 0.3) is 0 Å². The van der Waals surface area contributed by atoms with Crippen LogP contribution in [0.15, 0.2) is 71.6 Å². The predicted molar refractivity (Wildman–Crippen MR) is 112 cm³/mol. The summed E-state index contributed by atoms with van der Waals surface area (Å²) in [6, 6.07) is 18.9. The molecular formula is C22H22N2O3S. The quantitative estimate of drug-likeness (QED) is 0.661. The van der Waals surface area contributed by atoms with Crippen molar-refractivity contribution in [3.8, 4) is 0 Å². The van der Waals surface area contributed by atoms with E-state index in [1.54, 1.807) is 55.5 Å². The average molecular weight is 394 g/mol. The number of nitrogens with one attached hydrogen (secondary N) is 2. The highest BCUT2D eigenvalue weighted by molar-refractivity contribution is 7.92. The highest BCUT2D eigenvalue weighted by atomic mass is 32.2. The Morgan fingerprint density at radius 1 is 0.786 bits per heavy atom. The zero-order valence-corrected chi connectivity index (χ0v) is 16.8. The molecule has 28 heavy (non-hydrogen) atoms. The summed E-state index contributed by atoms with van der Waals surface area (Å²) in [6.07, 6.45) is 0. The van der Waals surface area contributed by atoms with Crippen LogP contribution in [0.1, 0.15) is 27.0 Å². The maximum absolute atomic E-state index is 12.7. The monoisotopic (exact) mass is 394 g/mol. The third-order valence-electron chi connectivity index (χ3n) is 4.55. The van der Waals surface area contributed by atoms with E-state index in [1.165, 1.54) is 6.07 Å². The van der Waals surface area contributed by atoms with Gasteiger partial charge in [-0.1, -0.05) is 24.3 Å². The molecule has 3 aromatic rings. The SMILES string of the molecule is Cc1ccc(NS(=O)(=O)c2ccc(NC(=O)c3ccccc3)c(C)c2)cc1C. The molecule has 3 aromatic carbocycles. The maximum atomic E-state index is 12.7. The molecule has 1 amide bonds. The second-order valence-electron chi connectivity index (χ2n) is 6.70. The van der Waals surface area contributed by atoms with Crippen LogP contribution in [0.5, 0.6) is 0 Å². The topological polar surface area (TPSA) is 75.3 Å². The van der Waals surface area contributed by atoms with E-state index in [0.29, 0.717) is 22.5 Å². The van der Waals surface area contributed by atoms with Gasteiger partial charge >= 0.3 is 0 Å². The van der Waals surface area contributed by atoms with Crippen LogP contribution in [-0.4, -0.2) is 14.3 Å². The van der Waals surface area contributed by atoms with E-state index in [0.717, 1.165) is 11.1 Å². The van der Waals surface area contributed by atoms with Gasteiger partial charge in [0.15, 0.2) is 0 Å². The van der Waals surface area contributed by atoms with E-state index in [9.17, 15) is 13.2 Å². The number of anilines is 2. The highest BCUT2D eigenvalue weighted by Gasteiger charge is 2.16. The van der Waals surface area contributed by atoms with Crippen molar-refractivity contribution in [3.63, 3.8) is 0 Å². The Bertz CT molecular complexity index is 1120. The van der Waals surface area contributed by atoms with Gasteiger partial charge in [-0.15, -0.1) is 0 Å². The Morgan fingerprint density at radius 2 is 1.50 bits per heavy atom. The lowest BCUT2D eigenvalue weighted by Gasteiger charge is -2.13. The molecule has 0 aliphatic rings. The number of sulfonamides is 1. The number of rotatable bonds is 5. The van der Waals surface area contributed by atoms with Crippen LogP contribution in [0.2, 0.25) is 0 Å². The largest absolute Gasteiger partial charge is 0.322 e. The second-order valence-corrected chi connectivity index (χ2v) is 8.38. The Balaban J connectivity index is 1.80. The molecule has 6 heteroatoms. The van der Waals surface area contributed by atoms with E-state index in [4.69, 9.17) is 0 Å². The lowest BCUT2D eigenvalue weighted by molar-refractivity contribution is 0.102. The molecule has 0 spiro atoms. The van der Waals surface area contributed by atoms with Gasteiger partial charge in [-0.2, -0.15) is 0 Å².